The van der Waals surface area contributed by atoms with Gasteiger partial charge >= 0.3 is 5.97 Å². The monoisotopic (exact) mass is 436 g/mol. The Labute approximate surface area is 183 Å². The highest BCUT2D eigenvalue weighted by Gasteiger charge is 2.22. The number of nitrogens with one attached hydrogen (secondary N) is 3. The van der Waals surface area contributed by atoms with Gasteiger partial charge in [-0.15, -0.1) is 0 Å². The maximum Gasteiger partial charge on any atom is 0.326 e. The first kappa shape index (κ1) is 22.5. The molecular weight excluding hydrogens is 412 g/mol. The van der Waals surface area contributed by atoms with Gasteiger partial charge in [0.25, 0.3) is 11.5 Å². The molecule has 166 valence electrons. The van der Waals surface area contributed by atoms with E-state index in [4.69, 9.17) is 11.1 Å². The second-order valence-electron chi connectivity index (χ2n) is 7.20. The molecule has 0 aliphatic carbocycles. The number of aliphatic carboxylic acids is 1. The highest BCUT2D eigenvalue weighted by Crippen LogP contribution is 2.12. The zero-order valence-electron chi connectivity index (χ0n) is 17.2. The van der Waals surface area contributed by atoms with E-state index in [1.165, 1.54) is 10.6 Å². The first-order valence-corrected chi connectivity index (χ1v) is 10.0. The van der Waals surface area contributed by atoms with E-state index in [0.717, 1.165) is 10.9 Å². The van der Waals surface area contributed by atoms with Crippen molar-refractivity contribution >= 4 is 28.7 Å². The Morgan fingerprint density at radius 2 is 1.94 bits per heavy atom. The van der Waals surface area contributed by atoms with E-state index in [1.807, 2.05) is 36.4 Å². The number of nitrogens with two attached hydrogens (primary N) is 1. The number of carboxylic acids is 1. The molecule has 1 aromatic carbocycles. The van der Waals surface area contributed by atoms with E-state index < -0.39 is 23.5 Å². The van der Waals surface area contributed by atoms with Crippen molar-refractivity contribution in [3.63, 3.8) is 0 Å². The van der Waals surface area contributed by atoms with Crippen molar-refractivity contribution in [2.45, 2.75) is 25.4 Å². The topological polar surface area (TPSA) is 163 Å². The van der Waals surface area contributed by atoms with Crippen molar-refractivity contribution in [1.82, 2.24) is 20.2 Å². The molecule has 0 aliphatic heterocycles. The zero-order valence-corrected chi connectivity index (χ0v) is 17.2. The molecule has 3 rings (SSSR count). The Balaban J connectivity index is 1.72. The van der Waals surface area contributed by atoms with E-state index >= 15 is 0 Å². The number of pyridine rings is 2. The van der Waals surface area contributed by atoms with E-state index in [0.29, 0.717) is 18.7 Å². The van der Waals surface area contributed by atoms with Crippen LogP contribution in [0.2, 0.25) is 0 Å². The standard InChI is InChI=1S/C22H24N6O4/c23-22(24)25-11-3-8-18(21(31)32)27-19(29)16-6-4-12-28(20(16)30)13-15-10-9-14-5-1-2-7-17(14)26-15/h1-2,4-7,9-10,12,18H,3,8,11,13H2,(H,27,29)(H,31,32)(H4,23,24,25)/t18-/m0/s1. The van der Waals surface area contributed by atoms with Crippen LogP contribution in [0.4, 0.5) is 0 Å². The Kier molecular flexibility index (Phi) is 7.17. The summed E-state index contributed by atoms with van der Waals surface area (Å²) in [5.74, 6) is -2.19. The highest BCUT2D eigenvalue weighted by atomic mass is 16.4. The van der Waals surface area contributed by atoms with E-state index in [-0.39, 0.29) is 24.5 Å². The molecule has 32 heavy (non-hydrogen) atoms. The van der Waals surface area contributed by atoms with Gasteiger partial charge in [-0.05, 0) is 37.1 Å². The summed E-state index contributed by atoms with van der Waals surface area (Å²) in [6.45, 7) is 0.468. The quantitative estimate of drug-likeness (QED) is 0.189. The summed E-state index contributed by atoms with van der Waals surface area (Å²) < 4.78 is 1.36. The second kappa shape index (κ2) is 10.2. The fraction of sp³-hybridized carbons (Fsp3) is 0.227. The Morgan fingerprint density at radius 1 is 1.16 bits per heavy atom. The van der Waals surface area contributed by atoms with Crippen LogP contribution in [0, 0.1) is 5.41 Å². The molecular formula is C22H24N6O4. The van der Waals surface area contributed by atoms with Gasteiger partial charge in [-0.2, -0.15) is 0 Å². The van der Waals surface area contributed by atoms with Crippen molar-refractivity contribution in [1.29, 1.82) is 5.41 Å². The Hall–Kier alpha value is -4.21. The largest absolute Gasteiger partial charge is 0.480 e. The Bertz CT molecular complexity index is 1210. The molecule has 10 nitrogen and oxygen atoms in total. The number of hydrogen-bond acceptors (Lipinski definition) is 5. The van der Waals surface area contributed by atoms with Gasteiger partial charge in [-0.1, -0.05) is 24.3 Å². The molecule has 0 saturated heterocycles. The lowest BCUT2D eigenvalue weighted by Gasteiger charge is -2.15. The minimum Gasteiger partial charge on any atom is -0.480 e. The predicted molar refractivity (Wildman–Crippen MR) is 120 cm³/mol. The fourth-order valence-electron chi connectivity index (χ4n) is 3.23. The third kappa shape index (κ3) is 5.69. The van der Waals surface area contributed by atoms with Crippen LogP contribution in [-0.4, -0.2) is 45.1 Å². The zero-order chi connectivity index (χ0) is 23.1. The number of nitrogens with zero attached hydrogens (tertiary/aromatic N) is 2. The van der Waals surface area contributed by atoms with Crippen LogP contribution in [0.15, 0.2) is 59.5 Å². The third-order valence-electron chi connectivity index (χ3n) is 4.84. The minimum atomic E-state index is -1.21. The van der Waals surface area contributed by atoms with Crippen LogP contribution >= 0.6 is 0 Å². The number of carboxylic acid groups (broad SMARTS) is 1. The molecule has 6 N–H and O–H groups in total. The number of hydrogen-bond donors (Lipinski definition) is 5. The van der Waals surface area contributed by atoms with Crippen LogP contribution in [-0.2, 0) is 11.3 Å². The molecule has 0 spiro atoms. The smallest absolute Gasteiger partial charge is 0.326 e. The number of para-hydroxylation sites is 1. The van der Waals surface area contributed by atoms with Gasteiger partial charge in [0.05, 0.1) is 17.8 Å². The van der Waals surface area contributed by atoms with Crippen LogP contribution in [0.1, 0.15) is 28.9 Å². The number of guanidine groups is 1. The van der Waals surface area contributed by atoms with Gasteiger partial charge in [0.15, 0.2) is 5.96 Å². The Morgan fingerprint density at radius 3 is 2.69 bits per heavy atom. The van der Waals surface area contributed by atoms with Crippen molar-refractivity contribution in [2.75, 3.05) is 6.54 Å². The number of benzene rings is 1. The molecule has 2 heterocycles. The molecule has 1 amide bonds. The van der Waals surface area contributed by atoms with Crippen molar-refractivity contribution in [3.8, 4) is 0 Å². The number of carbonyl (C=O) groups is 2. The van der Waals surface area contributed by atoms with Gasteiger partial charge in [-0.25, -0.2) is 4.79 Å². The van der Waals surface area contributed by atoms with Gasteiger partial charge in [0.1, 0.15) is 11.6 Å². The lowest BCUT2D eigenvalue weighted by Crippen LogP contribution is -2.43. The molecule has 0 aliphatic rings. The van der Waals surface area contributed by atoms with Gasteiger partial charge in [-0.3, -0.25) is 20.0 Å². The molecule has 0 saturated carbocycles. The molecule has 2 aromatic heterocycles. The van der Waals surface area contributed by atoms with Gasteiger partial charge < -0.3 is 26.0 Å². The number of fused-ring (bicyclic) bond motifs is 1. The normalized spacial score (nSPS) is 11.6. The molecule has 0 unspecified atom stereocenters. The lowest BCUT2D eigenvalue weighted by molar-refractivity contribution is -0.139. The summed E-state index contributed by atoms with van der Waals surface area (Å²) in [6.07, 6.45) is 2.03. The maximum atomic E-state index is 12.8. The average molecular weight is 436 g/mol. The molecule has 10 heteroatoms. The van der Waals surface area contributed by atoms with Gasteiger partial charge in [0, 0.05) is 18.1 Å². The number of rotatable bonds is 9. The summed E-state index contributed by atoms with van der Waals surface area (Å²) in [6, 6.07) is 13.1. The number of amides is 1. The van der Waals surface area contributed by atoms with Gasteiger partial charge in [0.2, 0.25) is 0 Å². The molecule has 3 aromatic rings. The van der Waals surface area contributed by atoms with Crippen LogP contribution in [0.5, 0.6) is 0 Å². The molecule has 0 radical (unpaired) electrons. The summed E-state index contributed by atoms with van der Waals surface area (Å²) >= 11 is 0. The highest BCUT2D eigenvalue weighted by molar-refractivity contribution is 5.96. The summed E-state index contributed by atoms with van der Waals surface area (Å²) in [7, 11) is 0. The van der Waals surface area contributed by atoms with Crippen LogP contribution < -0.4 is 21.9 Å². The van der Waals surface area contributed by atoms with Crippen molar-refractivity contribution < 1.29 is 14.7 Å². The van der Waals surface area contributed by atoms with Crippen molar-refractivity contribution in [3.05, 3.63) is 76.3 Å². The van der Waals surface area contributed by atoms with E-state index in [1.54, 1.807) is 12.3 Å². The number of carbonyl (C=O) groups excluding carboxylic acids is 1. The average Bonchev–Trinajstić information content (AvgIpc) is 2.76. The van der Waals surface area contributed by atoms with Crippen molar-refractivity contribution in [2.24, 2.45) is 5.73 Å². The molecule has 1 atom stereocenters. The molecule has 0 fully saturated rings. The first-order valence-electron chi connectivity index (χ1n) is 10.0. The summed E-state index contributed by atoms with van der Waals surface area (Å²) in [5, 5.41) is 22.4. The van der Waals surface area contributed by atoms with E-state index in [9.17, 15) is 19.5 Å². The van der Waals surface area contributed by atoms with Crippen LogP contribution in [0.3, 0.4) is 0 Å². The third-order valence-corrected chi connectivity index (χ3v) is 4.84. The minimum absolute atomic E-state index is 0.114. The summed E-state index contributed by atoms with van der Waals surface area (Å²) in [5.41, 5.74) is 5.95. The summed E-state index contributed by atoms with van der Waals surface area (Å²) in [4.78, 5) is 41.5. The first-order chi connectivity index (χ1) is 15.3. The fourth-order valence-corrected chi connectivity index (χ4v) is 3.23. The number of aromatic nitrogens is 2. The van der Waals surface area contributed by atoms with Crippen LogP contribution in [0.25, 0.3) is 10.9 Å². The predicted octanol–water partition coefficient (Wildman–Crippen LogP) is 0.891. The maximum absolute atomic E-state index is 12.8. The second-order valence-corrected chi connectivity index (χ2v) is 7.20. The SMILES string of the molecule is N=C(N)NCCC[C@H](NC(=O)c1cccn(Cc2ccc3ccccc3n2)c1=O)C(=O)O. The van der Waals surface area contributed by atoms with E-state index in [2.05, 4.69) is 15.6 Å². The molecule has 0 bridgehead atoms. The lowest BCUT2D eigenvalue weighted by atomic mass is 10.1.